The van der Waals surface area contributed by atoms with Crippen molar-refractivity contribution >= 4 is 11.6 Å². The maximum atomic E-state index is 12.2. The number of benzene rings is 1. The Hall–Kier alpha value is -1.51. The number of nitrogens with one attached hydrogen (secondary N) is 1. The van der Waals surface area contributed by atoms with Gasteiger partial charge in [-0.25, -0.2) is 0 Å². The molecule has 3 nitrogen and oxygen atoms in total. The quantitative estimate of drug-likeness (QED) is 0.910. The van der Waals surface area contributed by atoms with Gasteiger partial charge in [-0.05, 0) is 41.9 Å². The highest BCUT2D eigenvalue weighted by Gasteiger charge is 2.20. The average Bonchev–Trinajstić information content (AvgIpc) is 2.47. The summed E-state index contributed by atoms with van der Waals surface area (Å²) >= 11 is 0. The Morgan fingerprint density at radius 2 is 1.95 bits per heavy atom. The topological polar surface area (TPSA) is 32.3 Å². The summed E-state index contributed by atoms with van der Waals surface area (Å²) in [4.78, 5) is 14.2. The molecule has 3 heteroatoms. The summed E-state index contributed by atoms with van der Waals surface area (Å²) in [7, 11) is 0. The monoisotopic (exact) mass is 302 g/mol. The zero-order valence-electron chi connectivity index (χ0n) is 14.5. The number of carbonyl (C=O) groups is 1. The maximum Gasteiger partial charge on any atom is 0.224 e. The average molecular weight is 302 g/mol. The van der Waals surface area contributed by atoms with Gasteiger partial charge in [0.25, 0.3) is 0 Å². The summed E-state index contributed by atoms with van der Waals surface area (Å²) in [6, 6.07) is 8.54. The smallest absolute Gasteiger partial charge is 0.224 e. The van der Waals surface area contributed by atoms with E-state index in [0.717, 1.165) is 25.2 Å². The molecule has 1 aromatic carbocycles. The van der Waals surface area contributed by atoms with Crippen molar-refractivity contribution < 1.29 is 4.79 Å². The van der Waals surface area contributed by atoms with Crippen LogP contribution in [0.15, 0.2) is 24.3 Å². The van der Waals surface area contributed by atoms with Crippen LogP contribution in [0.4, 0.5) is 5.69 Å². The second kappa shape index (κ2) is 7.17. The predicted octanol–water partition coefficient (Wildman–Crippen LogP) is 4.04. The minimum Gasteiger partial charge on any atom is -0.385 e. The van der Waals surface area contributed by atoms with Gasteiger partial charge in [-0.1, -0.05) is 39.8 Å². The standard InChI is InChI=1S/C19H30N2O/c1-15-6-5-13-21(14-15)18(22)11-12-20-17-9-7-16(8-10-17)19(2,3)4/h7-10,15,20H,5-6,11-14H2,1-4H3. The Morgan fingerprint density at radius 3 is 2.55 bits per heavy atom. The molecule has 0 spiro atoms. The molecule has 2 rings (SSSR count). The molecule has 0 aliphatic carbocycles. The fourth-order valence-electron chi connectivity index (χ4n) is 2.98. The van der Waals surface area contributed by atoms with Crippen LogP contribution in [0.3, 0.4) is 0 Å². The van der Waals surface area contributed by atoms with E-state index in [9.17, 15) is 4.79 Å². The molecule has 0 radical (unpaired) electrons. The van der Waals surface area contributed by atoms with E-state index >= 15 is 0 Å². The highest BCUT2D eigenvalue weighted by atomic mass is 16.2. The van der Waals surface area contributed by atoms with Gasteiger partial charge in [-0.3, -0.25) is 4.79 Å². The summed E-state index contributed by atoms with van der Waals surface area (Å²) in [6.45, 7) is 11.4. The van der Waals surface area contributed by atoms with Gasteiger partial charge in [0.05, 0.1) is 0 Å². The van der Waals surface area contributed by atoms with Crippen molar-refractivity contribution in [2.75, 3.05) is 25.0 Å². The highest BCUT2D eigenvalue weighted by molar-refractivity contribution is 5.76. The molecule has 0 bridgehead atoms. The number of likely N-dealkylation sites (tertiary alicyclic amines) is 1. The molecule has 22 heavy (non-hydrogen) atoms. The van der Waals surface area contributed by atoms with Gasteiger partial charge in [0.2, 0.25) is 5.91 Å². The molecule has 1 N–H and O–H groups in total. The lowest BCUT2D eigenvalue weighted by Crippen LogP contribution is -2.39. The molecule has 1 aliphatic rings. The van der Waals surface area contributed by atoms with Gasteiger partial charge in [0.15, 0.2) is 0 Å². The van der Waals surface area contributed by atoms with Crippen molar-refractivity contribution in [1.82, 2.24) is 4.90 Å². The van der Waals surface area contributed by atoms with E-state index in [1.165, 1.54) is 12.0 Å². The fraction of sp³-hybridized carbons (Fsp3) is 0.632. The van der Waals surface area contributed by atoms with Crippen molar-refractivity contribution in [3.05, 3.63) is 29.8 Å². The first kappa shape index (κ1) is 16.9. The largest absolute Gasteiger partial charge is 0.385 e. The third-order valence-electron chi connectivity index (χ3n) is 4.43. The number of hydrogen-bond donors (Lipinski definition) is 1. The number of hydrogen-bond acceptors (Lipinski definition) is 2. The third-order valence-corrected chi connectivity index (χ3v) is 4.43. The minimum absolute atomic E-state index is 0.180. The number of piperidine rings is 1. The van der Waals surface area contributed by atoms with E-state index < -0.39 is 0 Å². The Morgan fingerprint density at radius 1 is 1.27 bits per heavy atom. The molecule has 0 saturated carbocycles. The highest BCUT2D eigenvalue weighted by Crippen LogP contribution is 2.23. The first-order chi connectivity index (χ1) is 10.4. The molecule has 1 heterocycles. The zero-order chi connectivity index (χ0) is 16.2. The van der Waals surface area contributed by atoms with Gasteiger partial charge in [-0.2, -0.15) is 0 Å². The van der Waals surface area contributed by atoms with Crippen molar-refractivity contribution in [3.63, 3.8) is 0 Å². The number of carbonyl (C=O) groups excluding carboxylic acids is 1. The van der Waals surface area contributed by atoms with E-state index in [4.69, 9.17) is 0 Å². The van der Waals surface area contributed by atoms with Crippen LogP contribution < -0.4 is 5.32 Å². The lowest BCUT2D eigenvalue weighted by Gasteiger charge is -2.31. The van der Waals surface area contributed by atoms with Crippen molar-refractivity contribution in [1.29, 1.82) is 0 Å². The van der Waals surface area contributed by atoms with Crippen LogP contribution in [0.2, 0.25) is 0 Å². The molecular weight excluding hydrogens is 272 g/mol. The lowest BCUT2D eigenvalue weighted by molar-refractivity contribution is -0.132. The van der Waals surface area contributed by atoms with Crippen LogP contribution in [0.25, 0.3) is 0 Å². The van der Waals surface area contributed by atoms with E-state index in [2.05, 4.69) is 57.3 Å². The van der Waals surface area contributed by atoms with E-state index in [0.29, 0.717) is 18.9 Å². The lowest BCUT2D eigenvalue weighted by atomic mass is 9.87. The SMILES string of the molecule is CC1CCCN(C(=O)CCNc2ccc(C(C)(C)C)cc2)C1. The molecule has 122 valence electrons. The molecule has 0 aromatic heterocycles. The van der Waals surface area contributed by atoms with Gasteiger partial charge >= 0.3 is 0 Å². The van der Waals surface area contributed by atoms with Crippen LogP contribution in [0, 0.1) is 5.92 Å². The summed E-state index contributed by atoms with van der Waals surface area (Å²) < 4.78 is 0. The first-order valence-electron chi connectivity index (χ1n) is 8.48. The minimum atomic E-state index is 0.180. The summed E-state index contributed by atoms with van der Waals surface area (Å²) in [5, 5.41) is 3.36. The molecule has 1 fully saturated rings. The Kier molecular flexibility index (Phi) is 5.49. The van der Waals surface area contributed by atoms with Crippen LogP contribution in [-0.4, -0.2) is 30.4 Å². The first-order valence-corrected chi connectivity index (χ1v) is 8.48. The van der Waals surface area contributed by atoms with E-state index in [-0.39, 0.29) is 11.3 Å². The van der Waals surface area contributed by atoms with Crippen LogP contribution in [0.1, 0.15) is 52.5 Å². The number of rotatable bonds is 4. The zero-order valence-corrected chi connectivity index (χ0v) is 14.5. The number of anilines is 1. The van der Waals surface area contributed by atoms with Crippen LogP contribution in [0.5, 0.6) is 0 Å². The molecule has 1 atom stereocenters. The second-order valence-electron chi connectivity index (χ2n) is 7.59. The summed E-state index contributed by atoms with van der Waals surface area (Å²) in [6.07, 6.45) is 2.98. The molecule has 1 unspecified atom stereocenters. The number of amides is 1. The van der Waals surface area contributed by atoms with E-state index in [1.807, 2.05) is 4.90 Å². The Balaban J connectivity index is 1.77. The van der Waals surface area contributed by atoms with Crippen molar-refractivity contribution in [3.8, 4) is 0 Å². The molecular formula is C19H30N2O. The predicted molar refractivity (Wildman–Crippen MR) is 93.2 cm³/mol. The van der Waals surface area contributed by atoms with Crippen molar-refractivity contribution in [2.24, 2.45) is 5.92 Å². The van der Waals surface area contributed by atoms with Gasteiger partial charge < -0.3 is 10.2 Å². The normalized spacial score (nSPS) is 19.1. The Labute approximate surface area is 135 Å². The fourth-order valence-corrected chi connectivity index (χ4v) is 2.98. The molecule has 1 amide bonds. The van der Waals surface area contributed by atoms with Gasteiger partial charge in [-0.15, -0.1) is 0 Å². The van der Waals surface area contributed by atoms with Gasteiger partial charge in [0.1, 0.15) is 0 Å². The van der Waals surface area contributed by atoms with Crippen LogP contribution >= 0.6 is 0 Å². The van der Waals surface area contributed by atoms with Gasteiger partial charge in [0, 0.05) is 31.7 Å². The summed E-state index contributed by atoms with van der Waals surface area (Å²) in [5.74, 6) is 0.931. The second-order valence-corrected chi connectivity index (χ2v) is 7.59. The Bertz CT molecular complexity index is 487. The van der Waals surface area contributed by atoms with Crippen LogP contribution in [-0.2, 0) is 10.2 Å². The maximum absolute atomic E-state index is 12.2. The number of nitrogens with zero attached hydrogens (tertiary/aromatic N) is 1. The molecule has 1 aliphatic heterocycles. The molecule has 1 saturated heterocycles. The summed E-state index contributed by atoms with van der Waals surface area (Å²) in [5.41, 5.74) is 2.60. The van der Waals surface area contributed by atoms with E-state index in [1.54, 1.807) is 0 Å². The van der Waals surface area contributed by atoms with Crippen molar-refractivity contribution in [2.45, 2.75) is 52.4 Å². The third kappa shape index (κ3) is 4.75. The molecule has 1 aromatic rings.